The molecular weight excluding hydrogens is 337 g/mol. The lowest BCUT2D eigenvalue weighted by molar-refractivity contribution is -0.200. The zero-order valence-electron chi connectivity index (χ0n) is 13.9. The van der Waals surface area contributed by atoms with Gasteiger partial charge in [-0.25, -0.2) is 0 Å². The zero-order chi connectivity index (χ0) is 18.8. The van der Waals surface area contributed by atoms with E-state index >= 15 is 0 Å². The summed E-state index contributed by atoms with van der Waals surface area (Å²) in [6.07, 6.45) is -4.94. The van der Waals surface area contributed by atoms with Crippen molar-refractivity contribution in [3.63, 3.8) is 0 Å². The molecule has 3 rings (SSSR count). The van der Waals surface area contributed by atoms with Crippen molar-refractivity contribution in [2.75, 3.05) is 6.54 Å². The first-order chi connectivity index (χ1) is 11.4. The summed E-state index contributed by atoms with van der Waals surface area (Å²) in [5.41, 5.74) is 4.55. The molecule has 1 saturated heterocycles. The molecule has 1 aromatic carbocycles. The molecule has 0 aromatic heterocycles. The molecule has 2 amide bonds. The van der Waals surface area contributed by atoms with Crippen LogP contribution in [-0.4, -0.2) is 40.1 Å². The summed E-state index contributed by atoms with van der Waals surface area (Å²) >= 11 is 0. The maximum absolute atomic E-state index is 13.1. The average molecular weight is 356 g/mol. The van der Waals surface area contributed by atoms with Gasteiger partial charge in [-0.15, -0.1) is 0 Å². The molecule has 25 heavy (non-hydrogen) atoms. The summed E-state index contributed by atoms with van der Waals surface area (Å²) < 4.78 is 39.3. The minimum atomic E-state index is -5.08. The molecule has 1 aliphatic heterocycles. The lowest BCUT2D eigenvalue weighted by Crippen LogP contribution is -2.74. The molecule has 3 N–H and O–H groups in total. The van der Waals surface area contributed by atoms with Gasteiger partial charge in [-0.05, 0) is 41.0 Å². The number of rotatable bonds is 1. The smallest absolute Gasteiger partial charge is 0.471 e. The van der Waals surface area contributed by atoms with Gasteiger partial charge in [-0.2, -0.15) is 13.2 Å². The number of aromatic hydroxyl groups is 1. The lowest BCUT2D eigenvalue weighted by atomic mass is 9.53. The Morgan fingerprint density at radius 1 is 1.36 bits per heavy atom. The predicted molar refractivity (Wildman–Crippen MR) is 82.6 cm³/mol. The van der Waals surface area contributed by atoms with E-state index < -0.39 is 34.9 Å². The number of phenols is 1. The number of hydrogen-bond acceptors (Lipinski definition) is 3. The van der Waals surface area contributed by atoms with Crippen LogP contribution in [0, 0.1) is 5.92 Å². The number of piperidine rings is 1. The number of nitrogens with two attached hydrogens (primary N) is 1. The third-order valence-corrected chi connectivity index (χ3v) is 6.09. The number of amides is 2. The van der Waals surface area contributed by atoms with Gasteiger partial charge < -0.3 is 15.7 Å². The molecule has 2 aliphatic rings. The Morgan fingerprint density at radius 2 is 2.00 bits per heavy atom. The average Bonchev–Trinajstić information content (AvgIpc) is 2.50. The van der Waals surface area contributed by atoms with E-state index in [-0.39, 0.29) is 25.1 Å². The van der Waals surface area contributed by atoms with Crippen LogP contribution in [0.25, 0.3) is 0 Å². The van der Waals surface area contributed by atoms with Gasteiger partial charge in [-0.3, -0.25) is 9.59 Å². The summed E-state index contributed by atoms with van der Waals surface area (Å²) in [5.74, 6) is -3.57. The molecule has 1 fully saturated rings. The Kier molecular flexibility index (Phi) is 3.60. The first-order valence-corrected chi connectivity index (χ1v) is 7.95. The quantitative estimate of drug-likeness (QED) is 0.806. The molecule has 0 unspecified atom stereocenters. The second-order valence-corrected chi connectivity index (χ2v) is 7.15. The van der Waals surface area contributed by atoms with E-state index in [1.807, 2.05) is 6.92 Å². The number of fused-ring (bicyclic) bond motifs is 4. The maximum Gasteiger partial charge on any atom is 0.471 e. The van der Waals surface area contributed by atoms with E-state index in [9.17, 15) is 27.9 Å². The van der Waals surface area contributed by atoms with Crippen LogP contribution < -0.4 is 5.73 Å². The number of likely N-dealkylation sites (tertiary alicyclic amines) is 1. The fourth-order valence-corrected chi connectivity index (χ4v) is 4.55. The number of alkyl halides is 3. The normalized spacial score (nSPS) is 31.4. The fourth-order valence-electron chi connectivity index (χ4n) is 4.55. The summed E-state index contributed by atoms with van der Waals surface area (Å²) in [7, 11) is 0. The van der Waals surface area contributed by atoms with E-state index in [4.69, 9.17) is 5.73 Å². The highest BCUT2D eigenvalue weighted by Gasteiger charge is 2.64. The highest BCUT2D eigenvalue weighted by Crippen LogP contribution is 2.54. The molecule has 1 heterocycles. The molecule has 3 atom stereocenters. The van der Waals surface area contributed by atoms with Crippen LogP contribution in [0.2, 0.25) is 0 Å². The Labute approximate surface area is 142 Å². The Balaban J connectivity index is 2.23. The Hall–Kier alpha value is -2.25. The Morgan fingerprint density at radius 3 is 2.56 bits per heavy atom. The third kappa shape index (κ3) is 2.22. The van der Waals surface area contributed by atoms with E-state index in [1.54, 1.807) is 19.1 Å². The lowest BCUT2D eigenvalue weighted by Gasteiger charge is -2.60. The van der Waals surface area contributed by atoms with E-state index in [1.165, 1.54) is 6.07 Å². The van der Waals surface area contributed by atoms with Crippen molar-refractivity contribution in [1.29, 1.82) is 0 Å². The highest BCUT2D eigenvalue weighted by molar-refractivity contribution is 5.94. The van der Waals surface area contributed by atoms with E-state index in [0.717, 1.165) is 5.56 Å². The molecule has 1 aromatic rings. The van der Waals surface area contributed by atoms with Gasteiger partial charge in [-0.1, -0.05) is 19.9 Å². The standard InChI is InChI=1S/C17H19F3N2O3/c1-9-15(2)5-6-22(14(25)17(18,19)20)16(9,13(21)24)8-10-3-4-11(23)7-12(10)15/h3-4,7,9,23H,5-6,8H2,1-2H3,(H2,21,24)/t9-,15+,16+/m0/s1. The molecule has 136 valence electrons. The van der Waals surface area contributed by atoms with Crippen LogP contribution in [0.3, 0.4) is 0 Å². The maximum atomic E-state index is 13.1. The van der Waals surface area contributed by atoms with Crippen molar-refractivity contribution >= 4 is 11.8 Å². The summed E-state index contributed by atoms with van der Waals surface area (Å²) in [6.45, 7) is 3.26. The van der Waals surface area contributed by atoms with Crippen LogP contribution in [-0.2, 0) is 21.4 Å². The SMILES string of the molecule is C[C@H]1[C@@]2(C)CCN(C(=O)C(F)(F)F)[C@]1(C(N)=O)Cc1ccc(O)cc12. The van der Waals surface area contributed by atoms with Gasteiger partial charge in [0, 0.05) is 13.0 Å². The highest BCUT2D eigenvalue weighted by atomic mass is 19.4. The molecule has 8 heteroatoms. The number of halogens is 3. The van der Waals surface area contributed by atoms with Crippen molar-refractivity contribution in [1.82, 2.24) is 4.90 Å². The van der Waals surface area contributed by atoms with Gasteiger partial charge in [0.1, 0.15) is 11.3 Å². The predicted octanol–water partition coefficient (Wildman–Crippen LogP) is 1.86. The minimum absolute atomic E-state index is 0.0487. The number of benzene rings is 1. The van der Waals surface area contributed by atoms with Gasteiger partial charge in [0.25, 0.3) is 0 Å². The van der Waals surface area contributed by atoms with Crippen LogP contribution >= 0.6 is 0 Å². The van der Waals surface area contributed by atoms with Crippen molar-refractivity contribution in [3.8, 4) is 5.75 Å². The van der Waals surface area contributed by atoms with Crippen LogP contribution in [0.15, 0.2) is 18.2 Å². The fraction of sp³-hybridized carbons (Fsp3) is 0.529. The van der Waals surface area contributed by atoms with E-state index in [2.05, 4.69) is 0 Å². The minimum Gasteiger partial charge on any atom is -0.508 e. The molecule has 5 nitrogen and oxygen atoms in total. The van der Waals surface area contributed by atoms with Crippen molar-refractivity contribution in [3.05, 3.63) is 29.3 Å². The third-order valence-electron chi connectivity index (χ3n) is 6.09. The molecule has 2 bridgehead atoms. The number of hydrogen-bond donors (Lipinski definition) is 2. The van der Waals surface area contributed by atoms with Gasteiger partial charge in [0.05, 0.1) is 0 Å². The monoisotopic (exact) mass is 356 g/mol. The van der Waals surface area contributed by atoms with Crippen LogP contribution in [0.1, 0.15) is 31.4 Å². The van der Waals surface area contributed by atoms with Crippen LogP contribution in [0.5, 0.6) is 5.75 Å². The molecule has 0 saturated carbocycles. The largest absolute Gasteiger partial charge is 0.508 e. The van der Waals surface area contributed by atoms with Gasteiger partial charge in [0.2, 0.25) is 5.91 Å². The number of primary amides is 1. The topological polar surface area (TPSA) is 83.6 Å². The first-order valence-electron chi connectivity index (χ1n) is 7.95. The summed E-state index contributed by atoms with van der Waals surface area (Å²) in [5, 5.41) is 9.80. The molecule has 0 radical (unpaired) electrons. The second-order valence-electron chi connectivity index (χ2n) is 7.15. The van der Waals surface area contributed by atoms with Gasteiger partial charge >= 0.3 is 12.1 Å². The van der Waals surface area contributed by atoms with Crippen molar-refractivity contribution in [2.24, 2.45) is 11.7 Å². The number of carbonyl (C=O) groups excluding carboxylic acids is 2. The number of carbonyl (C=O) groups is 2. The molecule has 0 spiro atoms. The summed E-state index contributed by atoms with van der Waals surface area (Å²) in [6, 6.07) is 4.57. The zero-order valence-corrected chi connectivity index (χ0v) is 13.9. The molecular formula is C17H19F3N2O3. The summed E-state index contributed by atoms with van der Waals surface area (Å²) in [4.78, 5) is 25.0. The van der Waals surface area contributed by atoms with Gasteiger partial charge in [0.15, 0.2) is 0 Å². The first kappa shape index (κ1) is 17.6. The number of nitrogens with zero attached hydrogens (tertiary/aromatic N) is 1. The van der Waals surface area contributed by atoms with Crippen molar-refractivity contribution in [2.45, 2.75) is 43.8 Å². The second kappa shape index (κ2) is 5.12. The van der Waals surface area contributed by atoms with Crippen LogP contribution in [0.4, 0.5) is 13.2 Å². The van der Waals surface area contributed by atoms with Crippen molar-refractivity contribution < 1.29 is 27.9 Å². The number of phenolic OH excluding ortho intramolecular Hbond substituents is 1. The Bertz CT molecular complexity index is 764. The van der Waals surface area contributed by atoms with E-state index in [0.29, 0.717) is 10.5 Å². The molecule has 1 aliphatic carbocycles.